The summed E-state index contributed by atoms with van der Waals surface area (Å²) in [6, 6.07) is 11.9. The first-order valence-electron chi connectivity index (χ1n) is 9.96. The third kappa shape index (κ3) is 5.37. The molecule has 1 amide bonds. The van der Waals surface area contributed by atoms with Gasteiger partial charge in [-0.15, -0.1) is 23.7 Å². The Balaban J connectivity index is 0.00000272. The van der Waals surface area contributed by atoms with E-state index >= 15 is 0 Å². The lowest BCUT2D eigenvalue weighted by Crippen LogP contribution is -2.24. The third-order valence-corrected chi connectivity index (χ3v) is 8.13. The first kappa shape index (κ1) is 23.5. The minimum absolute atomic E-state index is 0. The van der Waals surface area contributed by atoms with Crippen molar-refractivity contribution in [2.45, 2.75) is 39.3 Å². The maximum atomic E-state index is 12.3. The van der Waals surface area contributed by atoms with E-state index < -0.39 is 9.84 Å². The van der Waals surface area contributed by atoms with Gasteiger partial charge in [0.2, 0.25) is 5.91 Å². The van der Waals surface area contributed by atoms with Crippen LogP contribution in [0.5, 0.6) is 0 Å². The maximum Gasteiger partial charge on any atom is 0.227 e. The molecule has 166 valence electrons. The second-order valence-corrected chi connectivity index (χ2v) is 10.9. The van der Waals surface area contributed by atoms with Gasteiger partial charge in [0.05, 0.1) is 23.6 Å². The Hall–Kier alpha value is -2.16. The molecule has 31 heavy (non-hydrogen) atoms. The van der Waals surface area contributed by atoms with Gasteiger partial charge >= 0.3 is 0 Å². The molecule has 1 aliphatic heterocycles. The predicted octanol–water partition coefficient (Wildman–Crippen LogP) is 3.87. The molecule has 0 spiro atoms. The Morgan fingerprint density at radius 1 is 1.26 bits per heavy atom. The van der Waals surface area contributed by atoms with Crippen LogP contribution in [0.1, 0.15) is 34.4 Å². The van der Waals surface area contributed by atoms with Gasteiger partial charge in [-0.25, -0.2) is 13.4 Å². The lowest BCUT2D eigenvalue weighted by Gasteiger charge is -2.16. The highest BCUT2D eigenvalue weighted by molar-refractivity contribution is 7.91. The Labute approximate surface area is 193 Å². The zero-order valence-electron chi connectivity index (χ0n) is 17.5. The second-order valence-electron chi connectivity index (χ2n) is 7.78. The standard InChI is InChI=1S/C22H25N3O3S2.ClH/c1-15-10-19(16(2)25(15)18-8-9-30(27,28)14-18)20-13-29-22(24-20)11-21(26)23-12-17-6-4-3-5-7-17;/h3-7,10,13,18H,8-9,11-12,14H2,1-2H3,(H,23,26);1H. The lowest BCUT2D eigenvalue weighted by atomic mass is 10.2. The zero-order valence-corrected chi connectivity index (χ0v) is 19.9. The van der Waals surface area contributed by atoms with Crippen LogP contribution in [0.25, 0.3) is 11.3 Å². The molecule has 1 aromatic carbocycles. The number of carbonyl (C=O) groups excluding carboxylic acids is 1. The molecule has 3 aromatic rings. The van der Waals surface area contributed by atoms with E-state index in [-0.39, 0.29) is 42.3 Å². The summed E-state index contributed by atoms with van der Waals surface area (Å²) in [5, 5.41) is 5.67. The van der Waals surface area contributed by atoms with Crippen molar-refractivity contribution in [2.24, 2.45) is 0 Å². The molecule has 1 aliphatic rings. The van der Waals surface area contributed by atoms with E-state index in [2.05, 4.69) is 20.9 Å². The second kappa shape index (κ2) is 9.54. The number of rotatable bonds is 6. The minimum atomic E-state index is -2.95. The molecule has 1 saturated heterocycles. The number of thiazole rings is 1. The van der Waals surface area contributed by atoms with E-state index in [9.17, 15) is 13.2 Å². The summed E-state index contributed by atoms with van der Waals surface area (Å²) in [6.07, 6.45) is 0.902. The first-order valence-corrected chi connectivity index (χ1v) is 12.7. The number of benzene rings is 1. The molecule has 0 bridgehead atoms. The summed E-state index contributed by atoms with van der Waals surface area (Å²) in [5.41, 5.74) is 4.97. The summed E-state index contributed by atoms with van der Waals surface area (Å²) >= 11 is 1.47. The molecule has 0 saturated carbocycles. The highest BCUT2D eigenvalue weighted by atomic mass is 35.5. The summed E-state index contributed by atoms with van der Waals surface area (Å²) in [7, 11) is -2.95. The van der Waals surface area contributed by atoms with Crippen molar-refractivity contribution in [3.8, 4) is 11.3 Å². The summed E-state index contributed by atoms with van der Waals surface area (Å²) in [6.45, 7) is 4.52. The van der Waals surface area contributed by atoms with Gasteiger partial charge in [0, 0.05) is 34.9 Å². The number of hydrogen-bond acceptors (Lipinski definition) is 5. The number of carbonyl (C=O) groups is 1. The number of hydrogen-bond donors (Lipinski definition) is 1. The zero-order chi connectivity index (χ0) is 21.3. The number of halogens is 1. The number of amides is 1. The fourth-order valence-electron chi connectivity index (χ4n) is 4.09. The molecule has 1 atom stereocenters. The van der Waals surface area contributed by atoms with Crippen molar-refractivity contribution in [1.29, 1.82) is 0 Å². The van der Waals surface area contributed by atoms with Crippen LogP contribution in [-0.4, -0.2) is 35.4 Å². The van der Waals surface area contributed by atoms with Gasteiger partial charge < -0.3 is 9.88 Å². The summed E-state index contributed by atoms with van der Waals surface area (Å²) < 4.78 is 25.9. The first-order chi connectivity index (χ1) is 14.3. The maximum absolute atomic E-state index is 12.3. The van der Waals surface area contributed by atoms with E-state index in [1.807, 2.05) is 49.6 Å². The molecule has 3 heterocycles. The van der Waals surface area contributed by atoms with Crippen molar-refractivity contribution < 1.29 is 13.2 Å². The molecule has 4 rings (SSSR count). The monoisotopic (exact) mass is 479 g/mol. The van der Waals surface area contributed by atoms with Gasteiger partial charge in [-0.3, -0.25) is 4.79 Å². The number of nitrogens with one attached hydrogen (secondary N) is 1. The van der Waals surface area contributed by atoms with Crippen molar-refractivity contribution >= 4 is 39.5 Å². The fraction of sp³-hybridized carbons (Fsp3) is 0.364. The van der Waals surface area contributed by atoms with Gasteiger partial charge in [-0.05, 0) is 31.9 Å². The van der Waals surface area contributed by atoms with E-state index in [0.29, 0.717) is 13.0 Å². The van der Waals surface area contributed by atoms with Crippen LogP contribution in [0, 0.1) is 13.8 Å². The van der Waals surface area contributed by atoms with Gasteiger partial charge in [0.15, 0.2) is 9.84 Å². The van der Waals surface area contributed by atoms with Crippen molar-refractivity contribution in [1.82, 2.24) is 14.9 Å². The average Bonchev–Trinajstić information content (AvgIpc) is 3.38. The number of aryl methyl sites for hydroxylation is 1. The van der Waals surface area contributed by atoms with Crippen LogP contribution >= 0.6 is 23.7 Å². The largest absolute Gasteiger partial charge is 0.352 e. The van der Waals surface area contributed by atoms with Crippen molar-refractivity contribution in [2.75, 3.05) is 11.5 Å². The molecule has 1 unspecified atom stereocenters. The predicted molar refractivity (Wildman–Crippen MR) is 127 cm³/mol. The molecule has 2 aromatic heterocycles. The quantitative estimate of drug-likeness (QED) is 0.582. The topological polar surface area (TPSA) is 81.1 Å². The van der Waals surface area contributed by atoms with E-state index in [1.165, 1.54) is 11.3 Å². The van der Waals surface area contributed by atoms with Gasteiger partial charge in [-0.2, -0.15) is 0 Å². The molecular formula is C22H26ClN3O3S2. The summed E-state index contributed by atoms with van der Waals surface area (Å²) in [4.78, 5) is 17.0. The lowest BCUT2D eigenvalue weighted by molar-refractivity contribution is -0.120. The van der Waals surface area contributed by atoms with Crippen LogP contribution < -0.4 is 5.32 Å². The molecule has 1 N–H and O–H groups in total. The Bertz CT molecular complexity index is 1170. The van der Waals surface area contributed by atoms with Crippen LogP contribution in [0.15, 0.2) is 41.8 Å². The Morgan fingerprint density at radius 2 is 2.00 bits per heavy atom. The van der Waals surface area contributed by atoms with Gasteiger partial charge in [0.25, 0.3) is 0 Å². The van der Waals surface area contributed by atoms with Crippen LogP contribution in [0.2, 0.25) is 0 Å². The smallest absolute Gasteiger partial charge is 0.227 e. The number of nitrogens with zero attached hydrogens (tertiary/aromatic N) is 2. The Morgan fingerprint density at radius 3 is 2.68 bits per heavy atom. The van der Waals surface area contributed by atoms with Gasteiger partial charge in [0.1, 0.15) is 5.01 Å². The molecule has 6 nitrogen and oxygen atoms in total. The third-order valence-electron chi connectivity index (χ3n) is 5.53. The molecule has 0 aliphatic carbocycles. The highest BCUT2D eigenvalue weighted by Crippen LogP contribution is 2.34. The van der Waals surface area contributed by atoms with E-state index in [4.69, 9.17) is 0 Å². The van der Waals surface area contributed by atoms with E-state index in [1.54, 1.807) is 0 Å². The van der Waals surface area contributed by atoms with Gasteiger partial charge in [-0.1, -0.05) is 30.3 Å². The van der Waals surface area contributed by atoms with Crippen LogP contribution in [0.3, 0.4) is 0 Å². The summed E-state index contributed by atoms with van der Waals surface area (Å²) in [5.74, 6) is 0.400. The molecule has 1 fully saturated rings. The van der Waals surface area contributed by atoms with Crippen LogP contribution in [0.4, 0.5) is 0 Å². The Kier molecular flexibility index (Phi) is 7.24. The fourth-order valence-corrected chi connectivity index (χ4v) is 6.58. The SMILES string of the molecule is Cc1cc(-c2csc(CC(=O)NCc3ccccc3)n2)c(C)n1C1CCS(=O)(=O)C1.Cl. The van der Waals surface area contributed by atoms with Crippen molar-refractivity contribution in [3.63, 3.8) is 0 Å². The van der Waals surface area contributed by atoms with Crippen molar-refractivity contribution in [3.05, 3.63) is 63.7 Å². The highest BCUT2D eigenvalue weighted by Gasteiger charge is 2.31. The van der Waals surface area contributed by atoms with Crippen LogP contribution in [-0.2, 0) is 27.6 Å². The average molecular weight is 480 g/mol. The number of aromatic nitrogens is 2. The minimum Gasteiger partial charge on any atom is -0.352 e. The normalized spacial score (nSPS) is 17.3. The molecule has 0 radical (unpaired) electrons. The number of sulfone groups is 1. The molecular weight excluding hydrogens is 454 g/mol. The molecule has 9 heteroatoms. The van der Waals surface area contributed by atoms with E-state index in [0.717, 1.165) is 33.2 Å².